The van der Waals surface area contributed by atoms with Crippen molar-refractivity contribution >= 4 is 5.91 Å². The van der Waals surface area contributed by atoms with Crippen LogP contribution in [0.2, 0.25) is 0 Å². The molecule has 1 saturated heterocycles. The number of amides is 1. The summed E-state index contributed by atoms with van der Waals surface area (Å²) in [5.74, 6) is 0.606. The molecule has 2 unspecified atom stereocenters. The normalized spacial score (nSPS) is 21.5. The maximum atomic E-state index is 12.0. The van der Waals surface area contributed by atoms with E-state index in [9.17, 15) is 4.79 Å². The molecule has 0 aromatic carbocycles. The van der Waals surface area contributed by atoms with Crippen molar-refractivity contribution in [2.24, 2.45) is 11.7 Å². The third-order valence-electron chi connectivity index (χ3n) is 3.38. The zero-order valence-electron chi connectivity index (χ0n) is 10.2. The van der Waals surface area contributed by atoms with Crippen molar-refractivity contribution in [1.82, 2.24) is 9.88 Å². The first-order valence-electron chi connectivity index (χ1n) is 6.10. The third kappa shape index (κ3) is 3.03. The second kappa shape index (κ2) is 5.27. The molecule has 0 aliphatic carbocycles. The van der Waals surface area contributed by atoms with E-state index >= 15 is 0 Å². The fourth-order valence-electron chi connectivity index (χ4n) is 2.21. The summed E-state index contributed by atoms with van der Waals surface area (Å²) in [6.07, 6.45) is 3.13. The summed E-state index contributed by atoms with van der Waals surface area (Å²) in [5, 5.41) is 0. The number of pyridine rings is 1. The minimum absolute atomic E-state index is 0.159. The van der Waals surface area contributed by atoms with Crippen LogP contribution in [0.1, 0.15) is 19.0 Å². The molecule has 0 radical (unpaired) electrons. The summed E-state index contributed by atoms with van der Waals surface area (Å²) < 4.78 is 0. The van der Waals surface area contributed by atoms with E-state index in [-0.39, 0.29) is 11.9 Å². The van der Waals surface area contributed by atoms with Crippen LogP contribution in [-0.2, 0) is 11.2 Å². The monoisotopic (exact) mass is 233 g/mol. The third-order valence-corrected chi connectivity index (χ3v) is 3.38. The molecule has 2 atom stereocenters. The second-order valence-corrected chi connectivity index (χ2v) is 4.75. The Labute approximate surface area is 102 Å². The summed E-state index contributed by atoms with van der Waals surface area (Å²) in [4.78, 5) is 18.1. The van der Waals surface area contributed by atoms with E-state index < -0.39 is 0 Å². The van der Waals surface area contributed by atoms with Gasteiger partial charge >= 0.3 is 0 Å². The standard InChI is InChI=1S/C13H19N3O/c1-10(14)11-5-7-16(9-11)13(17)8-12-4-2-3-6-15-12/h2-4,6,10-11H,5,7-9,14H2,1H3. The average molecular weight is 233 g/mol. The Morgan fingerprint density at radius 2 is 2.47 bits per heavy atom. The van der Waals surface area contributed by atoms with Crippen LogP contribution in [0.4, 0.5) is 0 Å². The number of hydrogen-bond donors (Lipinski definition) is 1. The summed E-state index contributed by atoms with van der Waals surface area (Å²) >= 11 is 0. The van der Waals surface area contributed by atoms with Crippen LogP contribution in [0.3, 0.4) is 0 Å². The highest BCUT2D eigenvalue weighted by Gasteiger charge is 2.28. The molecular formula is C13H19N3O. The van der Waals surface area contributed by atoms with Gasteiger partial charge in [0.05, 0.1) is 6.42 Å². The zero-order valence-corrected chi connectivity index (χ0v) is 10.2. The van der Waals surface area contributed by atoms with Crippen molar-refractivity contribution in [1.29, 1.82) is 0 Å². The van der Waals surface area contributed by atoms with E-state index in [1.807, 2.05) is 30.0 Å². The lowest BCUT2D eigenvalue weighted by molar-refractivity contribution is -0.129. The smallest absolute Gasteiger partial charge is 0.228 e. The van der Waals surface area contributed by atoms with E-state index in [0.29, 0.717) is 12.3 Å². The van der Waals surface area contributed by atoms with Crippen LogP contribution in [0, 0.1) is 5.92 Å². The Kier molecular flexibility index (Phi) is 3.74. The van der Waals surface area contributed by atoms with Crippen molar-refractivity contribution in [3.63, 3.8) is 0 Å². The first-order valence-corrected chi connectivity index (χ1v) is 6.10. The molecular weight excluding hydrogens is 214 g/mol. The molecule has 0 spiro atoms. The molecule has 92 valence electrons. The minimum Gasteiger partial charge on any atom is -0.342 e. The number of carbonyl (C=O) groups is 1. The molecule has 2 N–H and O–H groups in total. The molecule has 1 amide bonds. The highest BCUT2D eigenvalue weighted by molar-refractivity contribution is 5.78. The van der Waals surface area contributed by atoms with Gasteiger partial charge in [-0.2, -0.15) is 0 Å². The fourth-order valence-corrected chi connectivity index (χ4v) is 2.21. The summed E-state index contributed by atoms with van der Waals surface area (Å²) in [7, 11) is 0. The zero-order chi connectivity index (χ0) is 12.3. The van der Waals surface area contributed by atoms with Gasteiger partial charge in [0.2, 0.25) is 5.91 Å². The predicted octanol–water partition coefficient (Wildman–Crippen LogP) is 0.820. The van der Waals surface area contributed by atoms with E-state index in [1.54, 1.807) is 6.20 Å². The van der Waals surface area contributed by atoms with Gasteiger partial charge in [0, 0.05) is 31.0 Å². The SMILES string of the molecule is CC(N)C1CCN(C(=O)Cc2ccccn2)C1. The lowest BCUT2D eigenvalue weighted by Gasteiger charge is -2.17. The molecule has 1 aromatic heterocycles. The molecule has 0 bridgehead atoms. The van der Waals surface area contributed by atoms with Crippen molar-refractivity contribution in [3.05, 3.63) is 30.1 Å². The van der Waals surface area contributed by atoms with Crippen molar-refractivity contribution < 1.29 is 4.79 Å². The van der Waals surface area contributed by atoms with Crippen LogP contribution in [-0.4, -0.2) is 34.9 Å². The van der Waals surface area contributed by atoms with Crippen molar-refractivity contribution in [3.8, 4) is 0 Å². The summed E-state index contributed by atoms with van der Waals surface area (Å²) in [6, 6.07) is 5.82. The number of carbonyl (C=O) groups excluding carboxylic acids is 1. The lowest BCUT2D eigenvalue weighted by atomic mass is 10.0. The highest BCUT2D eigenvalue weighted by Crippen LogP contribution is 2.19. The van der Waals surface area contributed by atoms with E-state index in [2.05, 4.69) is 4.98 Å². The molecule has 1 aromatic rings. The fraction of sp³-hybridized carbons (Fsp3) is 0.538. The molecule has 17 heavy (non-hydrogen) atoms. The highest BCUT2D eigenvalue weighted by atomic mass is 16.2. The van der Waals surface area contributed by atoms with Crippen molar-refractivity contribution in [2.75, 3.05) is 13.1 Å². The molecule has 2 heterocycles. The lowest BCUT2D eigenvalue weighted by Crippen LogP contribution is -2.33. The number of nitrogens with zero attached hydrogens (tertiary/aromatic N) is 2. The Morgan fingerprint density at radius 1 is 1.65 bits per heavy atom. The van der Waals surface area contributed by atoms with Gasteiger partial charge < -0.3 is 10.6 Å². The van der Waals surface area contributed by atoms with Gasteiger partial charge in [-0.1, -0.05) is 6.07 Å². The number of hydrogen-bond acceptors (Lipinski definition) is 3. The molecule has 1 aliphatic heterocycles. The van der Waals surface area contributed by atoms with Gasteiger partial charge in [-0.3, -0.25) is 9.78 Å². The minimum atomic E-state index is 0.159. The number of rotatable bonds is 3. The van der Waals surface area contributed by atoms with Gasteiger partial charge in [-0.25, -0.2) is 0 Å². The Balaban J connectivity index is 1.90. The maximum Gasteiger partial charge on any atom is 0.228 e. The average Bonchev–Trinajstić information content (AvgIpc) is 2.79. The molecule has 1 fully saturated rings. The number of likely N-dealkylation sites (tertiary alicyclic amines) is 1. The summed E-state index contributed by atoms with van der Waals surface area (Å²) in [5.41, 5.74) is 6.70. The van der Waals surface area contributed by atoms with Crippen molar-refractivity contribution in [2.45, 2.75) is 25.8 Å². The number of aromatic nitrogens is 1. The molecule has 4 nitrogen and oxygen atoms in total. The van der Waals surface area contributed by atoms with E-state index in [1.165, 1.54) is 0 Å². The Bertz CT molecular complexity index is 378. The van der Waals surface area contributed by atoms with Crippen LogP contribution < -0.4 is 5.73 Å². The quantitative estimate of drug-likeness (QED) is 0.841. The van der Waals surface area contributed by atoms with Gasteiger partial charge in [0.25, 0.3) is 0 Å². The Hall–Kier alpha value is -1.42. The molecule has 0 saturated carbocycles. The molecule has 2 rings (SSSR count). The topological polar surface area (TPSA) is 59.2 Å². The van der Waals surface area contributed by atoms with E-state index in [4.69, 9.17) is 5.73 Å². The van der Waals surface area contributed by atoms with Crippen LogP contribution in [0.15, 0.2) is 24.4 Å². The van der Waals surface area contributed by atoms with Crippen LogP contribution in [0.5, 0.6) is 0 Å². The van der Waals surface area contributed by atoms with Gasteiger partial charge in [-0.15, -0.1) is 0 Å². The Morgan fingerprint density at radius 3 is 3.06 bits per heavy atom. The van der Waals surface area contributed by atoms with Crippen LogP contribution >= 0.6 is 0 Å². The van der Waals surface area contributed by atoms with Crippen LogP contribution in [0.25, 0.3) is 0 Å². The predicted molar refractivity (Wildman–Crippen MR) is 66.3 cm³/mol. The number of nitrogens with two attached hydrogens (primary N) is 1. The summed E-state index contributed by atoms with van der Waals surface area (Å²) in [6.45, 7) is 3.64. The molecule has 1 aliphatic rings. The first kappa shape index (κ1) is 12.0. The second-order valence-electron chi connectivity index (χ2n) is 4.75. The van der Waals surface area contributed by atoms with Gasteiger partial charge in [0.15, 0.2) is 0 Å². The van der Waals surface area contributed by atoms with Gasteiger partial charge in [0.1, 0.15) is 0 Å². The first-order chi connectivity index (χ1) is 8.16. The molecule has 4 heteroatoms. The van der Waals surface area contributed by atoms with E-state index in [0.717, 1.165) is 25.2 Å². The largest absolute Gasteiger partial charge is 0.342 e. The maximum absolute atomic E-state index is 12.0. The van der Waals surface area contributed by atoms with Gasteiger partial charge in [-0.05, 0) is 31.4 Å².